The number of carbonyl (C=O) groups excluding carboxylic acids is 2. The summed E-state index contributed by atoms with van der Waals surface area (Å²) in [5.41, 5.74) is -4.42. The second-order valence-corrected chi connectivity index (χ2v) is 5.10. The van der Waals surface area contributed by atoms with Gasteiger partial charge in [-0.3, -0.25) is 4.79 Å². The summed E-state index contributed by atoms with van der Waals surface area (Å²) in [7, 11) is 0. The first-order chi connectivity index (χ1) is 12.7. The highest BCUT2D eigenvalue weighted by molar-refractivity contribution is 5.99. The van der Waals surface area contributed by atoms with Crippen molar-refractivity contribution in [3.63, 3.8) is 0 Å². The molecule has 144 valence electrons. The van der Waals surface area contributed by atoms with Gasteiger partial charge in [0.2, 0.25) is 5.95 Å². The molecule has 0 saturated carbocycles. The molecule has 0 aliphatic carbocycles. The van der Waals surface area contributed by atoms with Gasteiger partial charge in [-0.1, -0.05) is 12.1 Å². The van der Waals surface area contributed by atoms with Crippen LogP contribution >= 0.6 is 0 Å². The number of amides is 1. The molecule has 1 aromatic heterocycles. The van der Waals surface area contributed by atoms with Gasteiger partial charge in [0.15, 0.2) is 0 Å². The topological polar surface area (TPSA) is 93.2 Å². The van der Waals surface area contributed by atoms with E-state index in [0.717, 1.165) is 24.5 Å². The zero-order chi connectivity index (χ0) is 20.1. The summed E-state index contributed by atoms with van der Waals surface area (Å²) in [6.45, 7) is 0.889. The molecule has 2 N–H and O–H groups in total. The Balaban J connectivity index is 2.51. The van der Waals surface area contributed by atoms with Crippen LogP contribution in [0.1, 0.15) is 17.3 Å². The molecule has 1 atom stereocenters. The van der Waals surface area contributed by atoms with Crippen molar-refractivity contribution < 1.29 is 31.9 Å². The van der Waals surface area contributed by atoms with Gasteiger partial charge in [-0.2, -0.15) is 13.2 Å². The molecule has 0 fully saturated rings. The molecule has 0 aliphatic rings. The Hall–Kier alpha value is -3.24. The van der Waals surface area contributed by atoms with Gasteiger partial charge < -0.3 is 15.4 Å². The number of nitrogens with zero attached hydrogens (tertiary/aromatic N) is 2. The van der Waals surface area contributed by atoms with Gasteiger partial charge in [-0.05, 0) is 25.1 Å². The van der Waals surface area contributed by atoms with Gasteiger partial charge in [0.1, 0.15) is 5.82 Å². The van der Waals surface area contributed by atoms with Crippen LogP contribution in [0, 0.1) is 5.82 Å². The minimum atomic E-state index is -5.38. The number of hydrogen-bond donors (Lipinski definition) is 2. The van der Waals surface area contributed by atoms with Crippen LogP contribution in [0.15, 0.2) is 42.7 Å². The first-order valence-electron chi connectivity index (χ1n) is 7.57. The molecule has 1 amide bonds. The number of ether oxygens (including phenoxy) is 1. The maximum atomic E-state index is 13.9. The summed E-state index contributed by atoms with van der Waals surface area (Å²) in [5, 5.41) is 3.25. The molecule has 1 aromatic carbocycles. The number of benzene rings is 1. The Bertz CT molecular complexity index is 817. The Kier molecular flexibility index (Phi) is 5.93. The number of aromatic nitrogens is 2. The van der Waals surface area contributed by atoms with Crippen molar-refractivity contribution in [3.8, 4) is 0 Å². The van der Waals surface area contributed by atoms with Gasteiger partial charge >= 0.3 is 17.8 Å². The van der Waals surface area contributed by atoms with Crippen molar-refractivity contribution in [2.24, 2.45) is 0 Å². The summed E-state index contributed by atoms with van der Waals surface area (Å²) >= 11 is 0. The van der Waals surface area contributed by atoms with E-state index in [-0.39, 0.29) is 0 Å². The SMILES string of the molecule is CCOC(=O)[C@@](NC(=O)c1ccccc1F)(Nc1ncccn1)C(F)(F)F. The minimum absolute atomic E-state index is 0.399. The van der Waals surface area contributed by atoms with E-state index >= 15 is 0 Å². The third-order valence-electron chi connectivity index (χ3n) is 3.29. The molecule has 2 rings (SSSR count). The molecule has 27 heavy (non-hydrogen) atoms. The van der Waals surface area contributed by atoms with E-state index in [2.05, 4.69) is 14.7 Å². The zero-order valence-corrected chi connectivity index (χ0v) is 13.9. The molecule has 1 heterocycles. The summed E-state index contributed by atoms with van der Waals surface area (Å²) in [5.74, 6) is -5.00. The molecule has 0 saturated heterocycles. The second-order valence-electron chi connectivity index (χ2n) is 5.10. The summed E-state index contributed by atoms with van der Waals surface area (Å²) in [4.78, 5) is 31.6. The lowest BCUT2D eigenvalue weighted by Gasteiger charge is -2.34. The van der Waals surface area contributed by atoms with E-state index in [1.54, 1.807) is 5.32 Å². The standard InChI is InChI=1S/C16H14F4N4O3/c1-2-27-13(26)15(16(18,19)20,24-14-21-8-5-9-22-14)23-12(25)10-6-3-4-7-11(10)17/h3-9H,2H2,1H3,(H,23,25)(H,21,22,24)/t15-/m1/s1. The maximum Gasteiger partial charge on any atom is 0.442 e. The molecule has 0 aliphatic heterocycles. The van der Waals surface area contributed by atoms with Crippen molar-refractivity contribution in [1.29, 1.82) is 0 Å². The Morgan fingerprint density at radius 1 is 1.11 bits per heavy atom. The molecule has 0 radical (unpaired) electrons. The van der Waals surface area contributed by atoms with Crippen LogP contribution in [0.4, 0.5) is 23.5 Å². The van der Waals surface area contributed by atoms with Crippen molar-refractivity contribution in [1.82, 2.24) is 15.3 Å². The van der Waals surface area contributed by atoms with Crippen LogP contribution in [0.2, 0.25) is 0 Å². The van der Waals surface area contributed by atoms with Crippen LogP contribution in [-0.4, -0.2) is 40.3 Å². The van der Waals surface area contributed by atoms with E-state index in [9.17, 15) is 27.2 Å². The van der Waals surface area contributed by atoms with Gasteiger partial charge in [0.05, 0.1) is 12.2 Å². The number of esters is 1. The zero-order valence-electron chi connectivity index (χ0n) is 13.9. The fourth-order valence-corrected chi connectivity index (χ4v) is 2.04. The number of alkyl halides is 3. The third-order valence-corrected chi connectivity index (χ3v) is 3.29. The molecular weight excluding hydrogens is 372 g/mol. The molecular formula is C16H14F4N4O3. The fourth-order valence-electron chi connectivity index (χ4n) is 2.04. The molecule has 11 heteroatoms. The quantitative estimate of drug-likeness (QED) is 0.450. The monoisotopic (exact) mass is 386 g/mol. The summed E-state index contributed by atoms with van der Waals surface area (Å²) in [6, 6.07) is 5.71. The van der Waals surface area contributed by atoms with E-state index in [1.165, 1.54) is 30.4 Å². The molecule has 0 bridgehead atoms. The summed E-state index contributed by atoms with van der Waals surface area (Å²) in [6.07, 6.45) is -3.13. The van der Waals surface area contributed by atoms with Crippen molar-refractivity contribution in [2.75, 3.05) is 11.9 Å². The van der Waals surface area contributed by atoms with E-state index in [0.29, 0.717) is 0 Å². The predicted octanol–water partition coefficient (Wildman–Crippen LogP) is 2.28. The van der Waals surface area contributed by atoms with Gasteiger partial charge in [0, 0.05) is 12.4 Å². The Labute approximate surface area is 150 Å². The second kappa shape index (κ2) is 7.98. The highest BCUT2D eigenvalue weighted by atomic mass is 19.4. The molecule has 0 unspecified atom stereocenters. The highest BCUT2D eigenvalue weighted by Crippen LogP contribution is 2.32. The van der Waals surface area contributed by atoms with Crippen molar-refractivity contribution in [3.05, 3.63) is 54.1 Å². The number of anilines is 1. The maximum absolute atomic E-state index is 13.9. The van der Waals surface area contributed by atoms with Crippen molar-refractivity contribution >= 4 is 17.8 Å². The molecule has 2 aromatic rings. The van der Waals surface area contributed by atoms with Crippen LogP contribution < -0.4 is 10.6 Å². The van der Waals surface area contributed by atoms with Gasteiger partial charge in [-0.15, -0.1) is 0 Å². The minimum Gasteiger partial charge on any atom is -0.463 e. The normalized spacial score (nSPS) is 13.4. The lowest BCUT2D eigenvalue weighted by atomic mass is 10.1. The fraction of sp³-hybridized carbons (Fsp3) is 0.250. The summed E-state index contributed by atoms with van der Waals surface area (Å²) < 4.78 is 59.9. The number of rotatable bonds is 6. The smallest absolute Gasteiger partial charge is 0.442 e. The van der Waals surface area contributed by atoms with Gasteiger partial charge in [-0.25, -0.2) is 19.2 Å². The first kappa shape index (κ1) is 20.1. The molecule has 0 spiro atoms. The average molecular weight is 386 g/mol. The predicted molar refractivity (Wildman–Crippen MR) is 84.9 cm³/mol. The largest absolute Gasteiger partial charge is 0.463 e. The first-order valence-corrected chi connectivity index (χ1v) is 7.57. The average Bonchev–Trinajstić information content (AvgIpc) is 2.61. The number of halogens is 4. The van der Waals surface area contributed by atoms with E-state index in [4.69, 9.17) is 0 Å². The Morgan fingerprint density at radius 2 is 1.74 bits per heavy atom. The highest BCUT2D eigenvalue weighted by Gasteiger charge is 2.64. The molecule has 7 nitrogen and oxygen atoms in total. The number of nitrogens with one attached hydrogen (secondary N) is 2. The lowest BCUT2D eigenvalue weighted by molar-refractivity contribution is -0.204. The number of carbonyl (C=O) groups is 2. The van der Waals surface area contributed by atoms with Crippen LogP contribution in [0.5, 0.6) is 0 Å². The Morgan fingerprint density at radius 3 is 2.30 bits per heavy atom. The lowest BCUT2D eigenvalue weighted by Crippen LogP contribution is -2.69. The van der Waals surface area contributed by atoms with E-state index in [1.807, 2.05) is 0 Å². The van der Waals surface area contributed by atoms with Crippen molar-refractivity contribution in [2.45, 2.75) is 18.8 Å². The van der Waals surface area contributed by atoms with Crippen LogP contribution in [-0.2, 0) is 9.53 Å². The number of hydrogen-bond acceptors (Lipinski definition) is 6. The van der Waals surface area contributed by atoms with Gasteiger partial charge in [0.25, 0.3) is 5.91 Å². The van der Waals surface area contributed by atoms with Crippen LogP contribution in [0.25, 0.3) is 0 Å². The van der Waals surface area contributed by atoms with E-state index < -0.39 is 47.7 Å². The third kappa shape index (κ3) is 4.30. The van der Waals surface area contributed by atoms with Crippen LogP contribution in [0.3, 0.4) is 0 Å².